The molecule has 0 aliphatic carbocycles. The van der Waals surface area contributed by atoms with Crippen LogP contribution in [-0.4, -0.2) is 12.1 Å². The normalized spacial score (nSPS) is 9.79. The molecule has 0 saturated heterocycles. The number of hydrogen-bond donors (Lipinski definition) is 1. The Morgan fingerprint density at radius 1 is 1.26 bits per heavy atom. The summed E-state index contributed by atoms with van der Waals surface area (Å²) in [6.45, 7) is 0. The molecule has 1 aromatic carbocycles. The Morgan fingerprint density at radius 3 is 2.42 bits per heavy atom. The number of pyridine rings is 1. The molecule has 1 aromatic heterocycles. The molecule has 0 atom stereocenters. The van der Waals surface area contributed by atoms with Crippen LogP contribution in [0.5, 0.6) is 5.88 Å². The van der Waals surface area contributed by atoms with E-state index in [0.29, 0.717) is 11.6 Å². The van der Waals surface area contributed by atoms with Crippen LogP contribution in [-0.2, 0) is 0 Å². The van der Waals surface area contributed by atoms with Crippen LogP contribution in [0.1, 0.15) is 5.56 Å². The maximum atomic E-state index is 13.6. The lowest BCUT2D eigenvalue weighted by molar-refractivity contribution is 0.398. The van der Waals surface area contributed by atoms with E-state index in [1.54, 1.807) is 18.2 Å². The summed E-state index contributed by atoms with van der Waals surface area (Å²) in [4.78, 5) is 3.90. The number of nitrogens with zero attached hydrogens (tertiary/aromatic N) is 2. The summed E-state index contributed by atoms with van der Waals surface area (Å²) < 4.78 is 32.1. The van der Waals surface area contributed by atoms with Crippen LogP contribution in [0, 0.1) is 23.0 Å². The fourth-order valence-corrected chi connectivity index (χ4v) is 1.48. The average molecular weight is 261 g/mol. The third kappa shape index (κ3) is 2.77. The molecule has 19 heavy (non-hydrogen) atoms. The predicted molar refractivity (Wildman–Crippen MR) is 65.1 cm³/mol. The van der Waals surface area contributed by atoms with E-state index in [9.17, 15) is 8.78 Å². The predicted octanol–water partition coefficient (Wildman–Crippen LogP) is 2.98. The minimum atomic E-state index is -0.840. The van der Waals surface area contributed by atoms with E-state index in [0.717, 1.165) is 12.1 Å². The first-order valence-corrected chi connectivity index (χ1v) is 5.30. The Labute approximate surface area is 108 Å². The molecule has 0 bridgehead atoms. The highest BCUT2D eigenvalue weighted by Gasteiger charge is 2.11. The van der Waals surface area contributed by atoms with E-state index in [1.165, 1.54) is 13.3 Å². The van der Waals surface area contributed by atoms with Gasteiger partial charge in [0, 0.05) is 6.07 Å². The zero-order chi connectivity index (χ0) is 13.8. The van der Waals surface area contributed by atoms with Crippen LogP contribution in [0.4, 0.5) is 20.2 Å². The average Bonchev–Trinajstić information content (AvgIpc) is 2.43. The number of ether oxygens (including phenoxy) is 1. The number of nitriles is 1. The van der Waals surface area contributed by atoms with Crippen molar-refractivity contribution >= 4 is 11.4 Å². The van der Waals surface area contributed by atoms with Gasteiger partial charge in [0.05, 0.1) is 30.6 Å². The number of nitrogens with one attached hydrogen (secondary N) is 1. The van der Waals surface area contributed by atoms with Crippen molar-refractivity contribution < 1.29 is 13.5 Å². The highest BCUT2D eigenvalue weighted by atomic mass is 19.1. The Balaban J connectivity index is 2.30. The largest absolute Gasteiger partial charge is 0.481 e. The van der Waals surface area contributed by atoms with Crippen molar-refractivity contribution in [1.82, 2.24) is 4.98 Å². The number of aromatic nitrogens is 1. The van der Waals surface area contributed by atoms with Gasteiger partial charge in [-0.25, -0.2) is 13.8 Å². The molecule has 4 nitrogen and oxygen atoms in total. The first kappa shape index (κ1) is 12.8. The van der Waals surface area contributed by atoms with Gasteiger partial charge in [0.15, 0.2) is 11.6 Å². The Kier molecular flexibility index (Phi) is 3.57. The lowest BCUT2D eigenvalue weighted by Crippen LogP contribution is -1.99. The van der Waals surface area contributed by atoms with Gasteiger partial charge in [-0.1, -0.05) is 0 Å². The Morgan fingerprint density at radius 2 is 1.95 bits per heavy atom. The van der Waals surface area contributed by atoms with Crippen molar-refractivity contribution in [3.05, 3.63) is 47.7 Å². The second kappa shape index (κ2) is 5.31. The van der Waals surface area contributed by atoms with Gasteiger partial charge >= 0.3 is 0 Å². The second-order valence-corrected chi connectivity index (χ2v) is 3.64. The monoisotopic (exact) mass is 261 g/mol. The lowest BCUT2D eigenvalue weighted by Gasteiger charge is -2.09. The van der Waals surface area contributed by atoms with Gasteiger partial charge in [-0.3, -0.25) is 0 Å². The molecule has 0 spiro atoms. The zero-order valence-electron chi connectivity index (χ0n) is 9.95. The number of halogens is 2. The van der Waals surface area contributed by atoms with Crippen molar-refractivity contribution in [2.75, 3.05) is 12.4 Å². The van der Waals surface area contributed by atoms with Gasteiger partial charge in [-0.15, -0.1) is 0 Å². The molecule has 0 fully saturated rings. The van der Waals surface area contributed by atoms with Crippen LogP contribution in [0.3, 0.4) is 0 Å². The van der Waals surface area contributed by atoms with Crippen molar-refractivity contribution in [1.29, 1.82) is 5.26 Å². The van der Waals surface area contributed by atoms with Gasteiger partial charge in [-0.05, 0) is 18.2 Å². The van der Waals surface area contributed by atoms with Crippen molar-refractivity contribution in [2.24, 2.45) is 0 Å². The summed E-state index contributed by atoms with van der Waals surface area (Å²) in [5.41, 5.74) is 0.00248. The molecule has 2 rings (SSSR count). The SMILES string of the molecule is COc1ccc(Nc2c(F)cc(C#N)cc2F)cn1. The summed E-state index contributed by atoms with van der Waals surface area (Å²) >= 11 is 0. The minimum absolute atomic E-state index is 0.0756. The van der Waals surface area contributed by atoms with Gasteiger partial charge in [0.1, 0.15) is 5.69 Å². The van der Waals surface area contributed by atoms with Crippen molar-refractivity contribution in [3.63, 3.8) is 0 Å². The maximum Gasteiger partial charge on any atom is 0.213 e. The molecule has 6 heteroatoms. The molecule has 0 aliphatic rings. The van der Waals surface area contributed by atoms with Crippen LogP contribution in [0.2, 0.25) is 0 Å². The molecule has 1 N–H and O–H groups in total. The van der Waals surface area contributed by atoms with Crippen LogP contribution >= 0.6 is 0 Å². The fourth-order valence-electron chi connectivity index (χ4n) is 1.48. The van der Waals surface area contributed by atoms with Gasteiger partial charge in [-0.2, -0.15) is 5.26 Å². The highest BCUT2D eigenvalue weighted by Crippen LogP contribution is 2.24. The summed E-state index contributed by atoms with van der Waals surface area (Å²) in [5, 5.41) is 11.2. The summed E-state index contributed by atoms with van der Waals surface area (Å²) in [5.74, 6) is -1.29. The van der Waals surface area contributed by atoms with Crippen LogP contribution in [0.15, 0.2) is 30.5 Å². The number of rotatable bonds is 3. The van der Waals surface area contributed by atoms with Gasteiger partial charge in [0.2, 0.25) is 5.88 Å². The maximum absolute atomic E-state index is 13.6. The molecule has 0 aliphatic heterocycles. The quantitative estimate of drug-likeness (QED) is 0.922. The molecule has 0 amide bonds. The molecular weight excluding hydrogens is 252 g/mol. The van der Waals surface area contributed by atoms with E-state index in [2.05, 4.69) is 10.3 Å². The minimum Gasteiger partial charge on any atom is -0.481 e. The van der Waals surface area contributed by atoms with E-state index in [1.807, 2.05) is 0 Å². The third-order valence-electron chi connectivity index (χ3n) is 2.39. The van der Waals surface area contributed by atoms with E-state index < -0.39 is 11.6 Å². The second-order valence-electron chi connectivity index (χ2n) is 3.64. The van der Waals surface area contributed by atoms with Crippen molar-refractivity contribution in [3.8, 4) is 11.9 Å². The van der Waals surface area contributed by atoms with E-state index in [-0.39, 0.29) is 11.3 Å². The molecule has 1 heterocycles. The van der Waals surface area contributed by atoms with Gasteiger partial charge in [0.25, 0.3) is 0 Å². The number of benzene rings is 1. The number of hydrogen-bond acceptors (Lipinski definition) is 4. The Bertz CT molecular complexity index is 612. The molecule has 0 radical (unpaired) electrons. The highest BCUT2D eigenvalue weighted by molar-refractivity contribution is 5.61. The number of anilines is 2. The smallest absolute Gasteiger partial charge is 0.213 e. The van der Waals surface area contributed by atoms with Crippen LogP contribution < -0.4 is 10.1 Å². The summed E-state index contributed by atoms with van der Waals surface area (Å²) in [6.07, 6.45) is 1.38. The zero-order valence-corrected chi connectivity index (χ0v) is 9.95. The lowest BCUT2D eigenvalue weighted by atomic mass is 10.2. The topological polar surface area (TPSA) is 57.9 Å². The third-order valence-corrected chi connectivity index (χ3v) is 2.39. The molecule has 2 aromatic rings. The van der Waals surface area contributed by atoms with Crippen LogP contribution in [0.25, 0.3) is 0 Å². The first-order valence-electron chi connectivity index (χ1n) is 5.30. The van der Waals surface area contributed by atoms with Gasteiger partial charge < -0.3 is 10.1 Å². The number of methoxy groups -OCH3 is 1. The van der Waals surface area contributed by atoms with E-state index in [4.69, 9.17) is 10.00 Å². The Hall–Kier alpha value is -2.68. The molecule has 96 valence electrons. The standard InChI is InChI=1S/C13H9F2N3O/c1-19-12-3-2-9(7-17-12)18-13-10(14)4-8(6-16)5-11(13)15/h2-5,7,18H,1H3. The first-order chi connectivity index (χ1) is 9.13. The molecule has 0 unspecified atom stereocenters. The van der Waals surface area contributed by atoms with E-state index >= 15 is 0 Å². The summed E-state index contributed by atoms with van der Waals surface area (Å²) in [6, 6.07) is 6.73. The molecular formula is C13H9F2N3O. The molecule has 0 saturated carbocycles. The summed E-state index contributed by atoms with van der Waals surface area (Å²) in [7, 11) is 1.47. The fraction of sp³-hybridized carbons (Fsp3) is 0.0769. The van der Waals surface area contributed by atoms with Crippen molar-refractivity contribution in [2.45, 2.75) is 0 Å².